The van der Waals surface area contributed by atoms with Crippen LogP contribution in [0.15, 0.2) is 36.5 Å². The summed E-state index contributed by atoms with van der Waals surface area (Å²) in [5.74, 6) is 0.172. The van der Waals surface area contributed by atoms with Gasteiger partial charge in [0, 0.05) is 24.7 Å². The van der Waals surface area contributed by atoms with E-state index in [1.807, 2.05) is 17.0 Å². The number of hydrogen-bond acceptors (Lipinski definition) is 3. The molecule has 1 aromatic carbocycles. The number of para-hydroxylation sites is 1. The summed E-state index contributed by atoms with van der Waals surface area (Å²) >= 11 is 0. The largest absolute Gasteiger partial charge is 0.337 e. The van der Waals surface area contributed by atoms with Gasteiger partial charge in [-0.15, -0.1) is 0 Å². The Balaban J connectivity index is 1.90. The van der Waals surface area contributed by atoms with E-state index in [2.05, 4.69) is 28.5 Å². The zero-order valence-electron chi connectivity index (χ0n) is 10.8. The fourth-order valence-corrected chi connectivity index (χ4v) is 2.49. The molecule has 1 aliphatic rings. The molecule has 2 aromatic rings. The van der Waals surface area contributed by atoms with Gasteiger partial charge in [0.15, 0.2) is 0 Å². The molecule has 0 unspecified atom stereocenters. The lowest BCUT2D eigenvalue weighted by Crippen LogP contribution is -2.34. The van der Waals surface area contributed by atoms with Crippen molar-refractivity contribution in [3.63, 3.8) is 0 Å². The van der Waals surface area contributed by atoms with Crippen LogP contribution in [0.1, 0.15) is 12.0 Å². The highest BCUT2D eigenvalue weighted by Crippen LogP contribution is 2.18. The number of carbonyl (C=O) groups is 1. The Bertz CT molecular complexity index is 591. The van der Waals surface area contributed by atoms with Gasteiger partial charge in [-0.2, -0.15) is 0 Å². The molecule has 1 aromatic heterocycles. The molecule has 2 heterocycles. The fraction of sp³-hybridized carbons (Fsp3) is 0.333. The van der Waals surface area contributed by atoms with Crippen molar-refractivity contribution >= 4 is 16.8 Å². The fourth-order valence-electron chi connectivity index (χ4n) is 2.49. The van der Waals surface area contributed by atoms with Gasteiger partial charge in [0.2, 0.25) is 5.91 Å². The van der Waals surface area contributed by atoms with Crippen LogP contribution in [-0.2, 0) is 11.3 Å². The van der Waals surface area contributed by atoms with Gasteiger partial charge < -0.3 is 10.2 Å². The first-order valence-electron chi connectivity index (χ1n) is 6.66. The molecule has 98 valence electrons. The van der Waals surface area contributed by atoms with Crippen molar-refractivity contribution in [2.75, 3.05) is 19.6 Å². The van der Waals surface area contributed by atoms with Crippen molar-refractivity contribution in [2.45, 2.75) is 13.0 Å². The third kappa shape index (κ3) is 2.58. The highest BCUT2D eigenvalue weighted by Gasteiger charge is 2.17. The van der Waals surface area contributed by atoms with E-state index in [9.17, 15) is 4.79 Å². The molecule has 3 rings (SSSR count). The molecule has 0 atom stereocenters. The van der Waals surface area contributed by atoms with Crippen LogP contribution in [-0.4, -0.2) is 35.4 Å². The van der Waals surface area contributed by atoms with Gasteiger partial charge in [-0.25, -0.2) is 0 Å². The second kappa shape index (κ2) is 5.36. The lowest BCUT2D eigenvalue weighted by Gasteiger charge is -2.20. The van der Waals surface area contributed by atoms with E-state index in [1.165, 1.54) is 0 Å². The molecule has 1 aliphatic heterocycles. The van der Waals surface area contributed by atoms with Gasteiger partial charge in [0.25, 0.3) is 0 Å². The SMILES string of the molecule is O=C1CNCCCN1Cc1cccc2cccnc12. The van der Waals surface area contributed by atoms with Crippen molar-refractivity contribution in [3.8, 4) is 0 Å². The van der Waals surface area contributed by atoms with Gasteiger partial charge in [-0.05, 0) is 24.6 Å². The number of carbonyl (C=O) groups excluding carboxylic acids is 1. The second-order valence-corrected chi connectivity index (χ2v) is 4.84. The maximum Gasteiger partial charge on any atom is 0.236 e. The molecule has 1 amide bonds. The van der Waals surface area contributed by atoms with Gasteiger partial charge in [-0.1, -0.05) is 24.3 Å². The number of pyridine rings is 1. The van der Waals surface area contributed by atoms with Crippen LogP contribution in [0.3, 0.4) is 0 Å². The van der Waals surface area contributed by atoms with E-state index in [0.29, 0.717) is 13.1 Å². The first-order valence-corrected chi connectivity index (χ1v) is 6.66. The molecule has 4 heteroatoms. The van der Waals surface area contributed by atoms with Crippen LogP contribution in [0.2, 0.25) is 0 Å². The first-order chi connectivity index (χ1) is 9.34. The number of benzene rings is 1. The Labute approximate surface area is 112 Å². The van der Waals surface area contributed by atoms with Crippen LogP contribution >= 0.6 is 0 Å². The molecular formula is C15H17N3O. The lowest BCUT2D eigenvalue weighted by molar-refractivity contribution is -0.130. The molecule has 0 saturated carbocycles. The zero-order valence-corrected chi connectivity index (χ0v) is 10.8. The summed E-state index contributed by atoms with van der Waals surface area (Å²) in [6, 6.07) is 10.1. The number of fused-ring (bicyclic) bond motifs is 1. The lowest BCUT2D eigenvalue weighted by atomic mass is 10.1. The molecule has 1 fully saturated rings. The topological polar surface area (TPSA) is 45.2 Å². The molecule has 0 spiro atoms. The second-order valence-electron chi connectivity index (χ2n) is 4.84. The van der Waals surface area contributed by atoms with E-state index in [-0.39, 0.29) is 5.91 Å². The predicted molar refractivity (Wildman–Crippen MR) is 74.6 cm³/mol. The van der Waals surface area contributed by atoms with E-state index in [4.69, 9.17) is 0 Å². The average molecular weight is 255 g/mol. The van der Waals surface area contributed by atoms with E-state index in [1.54, 1.807) is 6.20 Å². The smallest absolute Gasteiger partial charge is 0.236 e. The molecule has 0 aliphatic carbocycles. The molecule has 1 N–H and O–H groups in total. The first kappa shape index (κ1) is 12.1. The molecule has 0 bridgehead atoms. The summed E-state index contributed by atoms with van der Waals surface area (Å²) in [7, 11) is 0. The Hall–Kier alpha value is -1.94. The van der Waals surface area contributed by atoms with Gasteiger partial charge in [0.1, 0.15) is 0 Å². The summed E-state index contributed by atoms with van der Waals surface area (Å²) in [5.41, 5.74) is 2.11. The minimum atomic E-state index is 0.172. The van der Waals surface area contributed by atoms with Crippen LogP contribution in [0.25, 0.3) is 10.9 Å². The molecule has 4 nitrogen and oxygen atoms in total. The van der Waals surface area contributed by atoms with Crippen LogP contribution < -0.4 is 5.32 Å². The standard InChI is InChI=1S/C15H17N3O/c19-14-10-16-7-3-9-18(14)11-13-5-1-4-12-6-2-8-17-15(12)13/h1-2,4-6,8,16H,3,7,9-11H2. The van der Waals surface area contributed by atoms with Crippen LogP contribution in [0, 0.1) is 0 Å². The maximum atomic E-state index is 12.0. The number of rotatable bonds is 2. The van der Waals surface area contributed by atoms with Gasteiger partial charge in [-0.3, -0.25) is 9.78 Å². The highest BCUT2D eigenvalue weighted by atomic mass is 16.2. The number of nitrogens with zero attached hydrogens (tertiary/aromatic N) is 2. The van der Waals surface area contributed by atoms with Crippen LogP contribution in [0.4, 0.5) is 0 Å². The number of amides is 1. The monoisotopic (exact) mass is 255 g/mol. The Morgan fingerprint density at radius 2 is 2.16 bits per heavy atom. The molecular weight excluding hydrogens is 238 g/mol. The van der Waals surface area contributed by atoms with Crippen LogP contribution in [0.5, 0.6) is 0 Å². The minimum absolute atomic E-state index is 0.172. The summed E-state index contributed by atoms with van der Waals surface area (Å²) in [6.07, 6.45) is 2.81. The summed E-state index contributed by atoms with van der Waals surface area (Å²) in [4.78, 5) is 18.4. The summed E-state index contributed by atoms with van der Waals surface area (Å²) in [6.45, 7) is 2.82. The summed E-state index contributed by atoms with van der Waals surface area (Å²) in [5, 5.41) is 4.27. The molecule has 0 radical (unpaired) electrons. The minimum Gasteiger partial charge on any atom is -0.337 e. The van der Waals surface area contributed by atoms with E-state index >= 15 is 0 Å². The Morgan fingerprint density at radius 3 is 3.11 bits per heavy atom. The van der Waals surface area contributed by atoms with Crippen molar-refractivity contribution in [1.82, 2.24) is 15.2 Å². The zero-order chi connectivity index (χ0) is 13.1. The third-order valence-electron chi connectivity index (χ3n) is 3.49. The maximum absolute atomic E-state index is 12.0. The number of nitrogens with one attached hydrogen (secondary N) is 1. The van der Waals surface area contributed by atoms with Crippen molar-refractivity contribution < 1.29 is 4.79 Å². The third-order valence-corrected chi connectivity index (χ3v) is 3.49. The Morgan fingerprint density at radius 1 is 1.26 bits per heavy atom. The van der Waals surface area contributed by atoms with Gasteiger partial charge in [0.05, 0.1) is 12.1 Å². The molecule has 19 heavy (non-hydrogen) atoms. The van der Waals surface area contributed by atoms with Gasteiger partial charge >= 0.3 is 0 Å². The van der Waals surface area contributed by atoms with Crippen molar-refractivity contribution in [2.24, 2.45) is 0 Å². The normalized spacial score (nSPS) is 16.6. The van der Waals surface area contributed by atoms with Crippen molar-refractivity contribution in [1.29, 1.82) is 0 Å². The Kier molecular flexibility index (Phi) is 3.42. The summed E-state index contributed by atoms with van der Waals surface area (Å²) < 4.78 is 0. The number of hydrogen-bond donors (Lipinski definition) is 1. The van der Waals surface area contributed by atoms with Crippen molar-refractivity contribution in [3.05, 3.63) is 42.1 Å². The van der Waals surface area contributed by atoms with E-state index in [0.717, 1.165) is 36.0 Å². The molecule has 1 saturated heterocycles. The predicted octanol–water partition coefficient (Wildman–Crippen LogP) is 1.56. The van der Waals surface area contributed by atoms with E-state index < -0.39 is 0 Å². The highest BCUT2D eigenvalue weighted by molar-refractivity contribution is 5.83. The number of aromatic nitrogens is 1. The average Bonchev–Trinajstić information content (AvgIpc) is 2.65. The quantitative estimate of drug-likeness (QED) is 0.885.